The maximum absolute atomic E-state index is 8.97. The molecule has 0 aromatic heterocycles. The number of thioether (sulfide) groups is 1. The van der Waals surface area contributed by atoms with Crippen molar-refractivity contribution < 1.29 is 9.84 Å². The van der Waals surface area contributed by atoms with Crippen LogP contribution in [0.3, 0.4) is 0 Å². The summed E-state index contributed by atoms with van der Waals surface area (Å²) in [5, 5.41) is 18.1. The Morgan fingerprint density at radius 1 is 1.56 bits per heavy atom. The Balaban J connectivity index is 2.88. The zero-order valence-corrected chi connectivity index (χ0v) is 10.3. The van der Waals surface area contributed by atoms with Gasteiger partial charge in [0.1, 0.15) is 11.8 Å². The molecule has 0 aliphatic heterocycles. The van der Waals surface area contributed by atoms with Gasteiger partial charge in [0, 0.05) is 16.8 Å². The lowest BCUT2D eigenvalue weighted by molar-refractivity contribution is 0.289. The van der Waals surface area contributed by atoms with Crippen LogP contribution >= 0.6 is 11.8 Å². The fourth-order valence-electron chi connectivity index (χ4n) is 1.28. The first-order chi connectivity index (χ1) is 7.71. The number of hydrogen-bond acceptors (Lipinski definition) is 4. The number of nitriles is 1. The highest BCUT2D eigenvalue weighted by molar-refractivity contribution is 8.00. The SMILES string of the molecule is COc1ccc(C#N)c(SC(C)CCO)c1. The van der Waals surface area contributed by atoms with Gasteiger partial charge in [-0.25, -0.2) is 0 Å². The van der Waals surface area contributed by atoms with Gasteiger partial charge in [-0.2, -0.15) is 5.26 Å². The first-order valence-corrected chi connectivity index (χ1v) is 5.95. The van der Waals surface area contributed by atoms with E-state index in [4.69, 9.17) is 15.1 Å². The zero-order chi connectivity index (χ0) is 12.0. The minimum atomic E-state index is 0.167. The van der Waals surface area contributed by atoms with Crippen LogP contribution in [-0.2, 0) is 0 Å². The predicted molar refractivity (Wildman–Crippen MR) is 64.7 cm³/mol. The number of nitrogens with zero attached hydrogens (tertiary/aromatic N) is 1. The number of aliphatic hydroxyl groups is 1. The lowest BCUT2D eigenvalue weighted by atomic mass is 10.2. The smallest absolute Gasteiger partial charge is 0.120 e. The van der Waals surface area contributed by atoms with Crippen molar-refractivity contribution in [3.63, 3.8) is 0 Å². The van der Waals surface area contributed by atoms with Crippen LogP contribution in [0, 0.1) is 11.3 Å². The summed E-state index contributed by atoms with van der Waals surface area (Å²) in [6.07, 6.45) is 0.715. The number of rotatable bonds is 5. The minimum absolute atomic E-state index is 0.167. The molecule has 1 rings (SSSR count). The van der Waals surface area contributed by atoms with Gasteiger partial charge < -0.3 is 9.84 Å². The Morgan fingerprint density at radius 2 is 2.31 bits per heavy atom. The molecule has 0 radical (unpaired) electrons. The molecule has 0 fully saturated rings. The van der Waals surface area contributed by atoms with Crippen molar-refractivity contribution in [2.45, 2.75) is 23.5 Å². The molecule has 0 amide bonds. The van der Waals surface area contributed by atoms with Crippen LogP contribution in [0.25, 0.3) is 0 Å². The van der Waals surface area contributed by atoms with Gasteiger partial charge in [0.15, 0.2) is 0 Å². The van der Waals surface area contributed by atoms with Gasteiger partial charge >= 0.3 is 0 Å². The van der Waals surface area contributed by atoms with E-state index in [0.29, 0.717) is 12.0 Å². The number of benzene rings is 1. The summed E-state index contributed by atoms with van der Waals surface area (Å²) in [5.41, 5.74) is 0.649. The lowest BCUT2D eigenvalue weighted by Gasteiger charge is -2.11. The van der Waals surface area contributed by atoms with E-state index < -0.39 is 0 Å². The molecular weight excluding hydrogens is 222 g/mol. The summed E-state index contributed by atoms with van der Waals surface area (Å²) in [7, 11) is 1.60. The molecule has 1 atom stereocenters. The summed E-state index contributed by atoms with van der Waals surface area (Å²) in [4.78, 5) is 0.905. The molecule has 1 aromatic carbocycles. The van der Waals surface area contributed by atoms with Crippen molar-refractivity contribution in [3.05, 3.63) is 23.8 Å². The normalized spacial score (nSPS) is 11.9. The van der Waals surface area contributed by atoms with Gasteiger partial charge in [-0.3, -0.25) is 0 Å². The Bertz CT molecular complexity index is 387. The Labute approximate surface area is 100 Å². The van der Waals surface area contributed by atoms with E-state index in [1.807, 2.05) is 13.0 Å². The fraction of sp³-hybridized carbons (Fsp3) is 0.417. The lowest BCUT2D eigenvalue weighted by Crippen LogP contribution is -2.00. The standard InChI is InChI=1S/C12H15NO2S/c1-9(5-6-14)16-12-7-11(15-2)4-3-10(12)8-13/h3-4,7,9,14H,5-6H2,1-2H3. The van der Waals surface area contributed by atoms with Crippen molar-refractivity contribution >= 4 is 11.8 Å². The Kier molecular flexibility index (Phi) is 5.17. The van der Waals surface area contributed by atoms with E-state index >= 15 is 0 Å². The van der Waals surface area contributed by atoms with Crippen molar-refractivity contribution in [3.8, 4) is 11.8 Å². The first kappa shape index (κ1) is 12.9. The van der Waals surface area contributed by atoms with Crippen molar-refractivity contribution in [1.29, 1.82) is 5.26 Å². The van der Waals surface area contributed by atoms with Crippen LogP contribution in [0.4, 0.5) is 0 Å². The van der Waals surface area contributed by atoms with E-state index in [1.54, 1.807) is 31.0 Å². The molecule has 0 bridgehead atoms. The molecule has 0 saturated carbocycles. The third-order valence-corrected chi connectivity index (χ3v) is 3.40. The predicted octanol–water partition coefficient (Wildman–Crippen LogP) is 2.43. The summed E-state index contributed by atoms with van der Waals surface area (Å²) < 4.78 is 5.12. The third kappa shape index (κ3) is 3.44. The number of hydrogen-bond donors (Lipinski definition) is 1. The highest BCUT2D eigenvalue weighted by Crippen LogP contribution is 2.31. The Hall–Kier alpha value is -1.18. The van der Waals surface area contributed by atoms with Gasteiger partial charge in [0.25, 0.3) is 0 Å². The van der Waals surface area contributed by atoms with E-state index in [-0.39, 0.29) is 11.9 Å². The molecule has 4 heteroatoms. The monoisotopic (exact) mass is 237 g/mol. The molecular formula is C12H15NO2S. The zero-order valence-electron chi connectivity index (χ0n) is 9.43. The molecule has 86 valence electrons. The van der Waals surface area contributed by atoms with Gasteiger partial charge in [-0.05, 0) is 24.6 Å². The van der Waals surface area contributed by atoms with Crippen LogP contribution in [0.2, 0.25) is 0 Å². The second kappa shape index (κ2) is 6.41. The van der Waals surface area contributed by atoms with Crippen LogP contribution in [-0.4, -0.2) is 24.1 Å². The summed E-state index contributed by atoms with van der Waals surface area (Å²) in [6, 6.07) is 7.55. The average molecular weight is 237 g/mol. The number of aliphatic hydroxyl groups excluding tert-OH is 1. The van der Waals surface area contributed by atoms with Crippen LogP contribution in [0.5, 0.6) is 5.75 Å². The molecule has 1 unspecified atom stereocenters. The fourth-order valence-corrected chi connectivity index (χ4v) is 2.36. The van der Waals surface area contributed by atoms with Crippen LogP contribution in [0.1, 0.15) is 18.9 Å². The molecule has 3 nitrogen and oxygen atoms in total. The molecule has 16 heavy (non-hydrogen) atoms. The highest BCUT2D eigenvalue weighted by atomic mass is 32.2. The molecule has 1 aromatic rings. The van der Waals surface area contributed by atoms with Crippen molar-refractivity contribution in [2.24, 2.45) is 0 Å². The van der Waals surface area contributed by atoms with Gasteiger partial charge in [-0.15, -0.1) is 11.8 Å². The van der Waals surface area contributed by atoms with Crippen molar-refractivity contribution in [1.82, 2.24) is 0 Å². The van der Waals surface area contributed by atoms with Gasteiger partial charge in [0.2, 0.25) is 0 Å². The molecule has 0 saturated heterocycles. The molecule has 0 aliphatic carbocycles. The van der Waals surface area contributed by atoms with E-state index in [2.05, 4.69) is 6.07 Å². The largest absolute Gasteiger partial charge is 0.497 e. The molecule has 1 N–H and O–H groups in total. The topological polar surface area (TPSA) is 53.2 Å². The maximum atomic E-state index is 8.97. The molecule has 0 spiro atoms. The highest BCUT2D eigenvalue weighted by Gasteiger charge is 2.09. The summed E-state index contributed by atoms with van der Waals surface area (Å²) >= 11 is 1.59. The molecule has 0 heterocycles. The first-order valence-electron chi connectivity index (χ1n) is 5.07. The van der Waals surface area contributed by atoms with Gasteiger partial charge in [-0.1, -0.05) is 6.92 Å². The van der Waals surface area contributed by atoms with E-state index in [1.165, 1.54) is 0 Å². The summed E-state index contributed by atoms with van der Waals surface area (Å²) in [6.45, 7) is 2.20. The summed E-state index contributed by atoms with van der Waals surface area (Å²) in [5.74, 6) is 0.748. The van der Waals surface area contributed by atoms with E-state index in [9.17, 15) is 0 Å². The number of ether oxygens (including phenoxy) is 1. The number of methoxy groups -OCH3 is 1. The molecule has 0 aliphatic rings. The Morgan fingerprint density at radius 3 is 2.88 bits per heavy atom. The minimum Gasteiger partial charge on any atom is -0.497 e. The second-order valence-corrected chi connectivity index (χ2v) is 4.89. The van der Waals surface area contributed by atoms with Crippen LogP contribution < -0.4 is 4.74 Å². The van der Waals surface area contributed by atoms with Gasteiger partial charge in [0.05, 0.1) is 12.7 Å². The van der Waals surface area contributed by atoms with Crippen molar-refractivity contribution in [2.75, 3.05) is 13.7 Å². The third-order valence-electron chi connectivity index (χ3n) is 2.17. The van der Waals surface area contributed by atoms with E-state index in [0.717, 1.165) is 10.6 Å². The average Bonchev–Trinajstić information content (AvgIpc) is 2.29. The maximum Gasteiger partial charge on any atom is 0.120 e. The quantitative estimate of drug-likeness (QED) is 0.799. The second-order valence-electron chi connectivity index (χ2n) is 3.41. The van der Waals surface area contributed by atoms with Crippen LogP contribution in [0.15, 0.2) is 23.1 Å².